The molecule has 0 aliphatic carbocycles. The van der Waals surface area contributed by atoms with Gasteiger partial charge in [-0.15, -0.1) is 24.0 Å². The lowest BCUT2D eigenvalue weighted by Gasteiger charge is -2.18. The molecule has 9 nitrogen and oxygen atoms in total. The van der Waals surface area contributed by atoms with E-state index >= 15 is 0 Å². The number of ether oxygens (including phenoxy) is 2. The second-order valence-corrected chi connectivity index (χ2v) is 5.69. The minimum Gasteiger partial charge on any atom is -0.482 e. The lowest BCUT2D eigenvalue weighted by Crippen LogP contribution is -2.43. The summed E-state index contributed by atoms with van der Waals surface area (Å²) in [5.41, 5.74) is 8.99. The molecule has 4 N–H and O–H groups in total. The molecule has 10 heteroatoms. The van der Waals surface area contributed by atoms with Crippen LogP contribution in [0.2, 0.25) is 0 Å². The highest BCUT2D eigenvalue weighted by molar-refractivity contribution is 14.0. The Hall–Kier alpha value is -3.15. The average Bonchev–Trinajstić information content (AvgIpc) is 2.71. The number of nitrogens with two attached hydrogens (primary N) is 1. The maximum Gasteiger partial charge on any atom is 0.343 e. The van der Waals surface area contributed by atoms with Gasteiger partial charge in [0, 0.05) is 23.7 Å². The highest BCUT2D eigenvalue weighted by Gasteiger charge is 2.15. The van der Waals surface area contributed by atoms with Crippen LogP contribution in [-0.4, -0.2) is 49.4 Å². The van der Waals surface area contributed by atoms with Crippen molar-refractivity contribution in [3.63, 3.8) is 0 Å². The van der Waals surface area contributed by atoms with Gasteiger partial charge in [-0.1, -0.05) is 12.1 Å². The van der Waals surface area contributed by atoms with Crippen LogP contribution in [0.3, 0.4) is 0 Å². The Morgan fingerprint density at radius 3 is 2.03 bits per heavy atom. The summed E-state index contributed by atoms with van der Waals surface area (Å²) in [6, 6.07) is 12.2. The molecule has 0 saturated carbocycles. The topological polar surface area (TPSA) is 135 Å². The van der Waals surface area contributed by atoms with Crippen LogP contribution in [0.15, 0.2) is 48.5 Å². The molecule has 0 bridgehead atoms. The first-order chi connectivity index (χ1) is 13.3. The summed E-state index contributed by atoms with van der Waals surface area (Å²) in [4.78, 5) is 35.7. The molecule has 0 fully saturated rings. The van der Waals surface area contributed by atoms with Crippen LogP contribution in [-0.2, 0) is 9.53 Å². The molecule has 0 radical (unpaired) electrons. The zero-order valence-electron chi connectivity index (χ0n) is 15.8. The maximum absolute atomic E-state index is 12.4. The number of hydrogen-bond donors (Lipinski definition) is 3. The molecular weight excluding hydrogens is 491 g/mol. The number of rotatable bonds is 6. The number of nitrogens with zero attached hydrogens (tertiary/aromatic N) is 1. The minimum absolute atomic E-state index is 0. The number of carbonyl (C=O) groups is 3. The van der Waals surface area contributed by atoms with E-state index in [9.17, 15) is 14.4 Å². The van der Waals surface area contributed by atoms with Gasteiger partial charge in [-0.25, -0.2) is 4.79 Å². The van der Waals surface area contributed by atoms with E-state index in [2.05, 4.69) is 10.2 Å². The Kier molecular flexibility index (Phi) is 9.06. The third kappa shape index (κ3) is 6.75. The van der Waals surface area contributed by atoms with E-state index in [0.717, 1.165) is 5.01 Å². The Balaban J connectivity index is 0.00000420. The van der Waals surface area contributed by atoms with E-state index in [-0.39, 0.29) is 36.4 Å². The van der Waals surface area contributed by atoms with Gasteiger partial charge in [0.05, 0.1) is 7.11 Å². The standard InChI is InChI=1S/C19H20N4O5.HI/c1-23(19(26)14-5-3-12(4-6-14)17(20)21)22-18(25)13-7-9-15(10-8-13)28-11-16(24)27-2;/h3-10H,11H2,1-2H3,(H3,20,21)(H,22,25);1H. The van der Waals surface area contributed by atoms with Crippen LogP contribution in [0.5, 0.6) is 5.75 Å². The van der Waals surface area contributed by atoms with Crippen LogP contribution in [0.25, 0.3) is 0 Å². The van der Waals surface area contributed by atoms with Crippen molar-refractivity contribution in [2.24, 2.45) is 5.73 Å². The number of esters is 1. The maximum atomic E-state index is 12.4. The Bertz CT molecular complexity index is 884. The molecule has 0 atom stereocenters. The van der Waals surface area contributed by atoms with Crippen molar-refractivity contribution in [3.8, 4) is 5.75 Å². The molecule has 154 valence electrons. The molecule has 0 aliphatic heterocycles. The van der Waals surface area contributed by atoms with E-state index in [0.29, 0.717) is 22.4 Å². The van der Waals surface area contributed by atoms with Crippen LogP contribution < -0.4 is 15.9 Å². The first kappa shape index (κ1) is 23.9. The number of hydrazine groups is 1. The highest BCUT2D eigenvalue weighted by atomic mass is 127. The first-order valence-electron chi connectivity index (χ1n) is 8.15. The number of carbonyl (C=O) groups excluding carboxylic acids is 3. The molecule has 29 heavy (non-hydrogen) atoms. The van der Waals surface area contributed by atoms with Gasteiger partial charge in [-0.2, -0.15) is 0 Å². The van der Waals surface area contributed by atoms with Crippen LogP contribution in [0.1, 0.15) is 26.3 Å². The predicted octanol–water partition coefficient (Wildman–Crippen LogP) is 1.56. The molecular formula is C19H21IN4O5. The van der Waals surface area contributed by atoms with Crippen LogP contribution in [0.4, 0.5) is 0 Å². The Morgan fingerprint density at radius 1 is 1.00 bits per heavy atom. The van der Waals surface area contributed by atoms with Crippen LogP contribution >= 0.6 is 24.0 Å². The van der Waals surface area contributed by atoms with Crippen molar-refractivity contribution < 1.29 is 23.9 Å². The highest BCUT2D eigenvalue weighted by Crippen LogP contribution is 2.12. The van der Waals surface area contributed by atoms with Gasteiger partial charge in [-0.05, 0) is 36.4 Å². The van der Waals surface area contributed by atoms with E-state index in [4.69, 9.17) is 15.9 Å². The molecule has 2 aromatic rings. The fraction of sp³-hybridized carbons (Fsp3) is 0.158. The molecule has 0 aromatic heterocycles. The molecule has 0 heterocycles. The fourth-order valence-corrected chi connectivity index (χ4v) is 2.16. The van der Waals surface area contributed by atoms with E-state index in [1.807, 2.05) is 0 Å². The predicted molar refractivity (Wildman–Crippen MR) is 116 cm³/mol. The number of benzene rings is 2. The monoisotopic (exact) mass is 512 g/mol. The third-order valence-electron chi connectivity index (χ3n) is 3.72. The number of nitrogen functional groups attached to an aromatic ring is 1. The summed E-state index contributed by atoms with van der Waals surface area (Å²) < 4.78 is 9.67. The number of nitrogens with one attached hydrogen (secondary N) is 2. The van der Waals surface area contributed by atoms with E-state index in [1.54, 1.807) is 12.1 Å². The summed E-state index contributed by atoms with van der Waals surface area (Å²) in [6.45, 7) is -0.234. The molecule has 0 aliphatic rings. The number of methoxy groups -OCH3 is 1. The SMILES string of the molecule is COC(=O)COc1ccc(C(=O)NN(C)C(=O)c2ccc(C(=N)N)cc2)cc1.I. The second kappa shape index (κ2) is 11.0. The first-order valence-corrected chi connectivity index (χ1v) is 8.15. The zero-order chi connectivity index (χ0) is 20.7. The van der Waals surface area contributed by atoms with Crippen molar-refractivity contribution >= 4 is 47.6 Å². The van der Waals surface area contributed by atoms with Crippen molar-refractivity contribution in [2.75, 3.05) is 20.8 Å². The summed E-state index contributed by atoms with van der Waals surface area (Å²) in [6.07, 6.45) is 0. The number of amides is 2. The summed E-state index contributed by atoms with van der Waals surface area (Å²) in [7, 11) is 2.68. The minimum atomic E-state index is -0.515. The fourth-order valence-electron chi connectivity index (χ4n) is 2.16. The van der Waals surface area contributed by atoms with Crippen molar-refractivity contribution in [3.05, 3.63) is 65.2 Å². The largest absolute Gasteiger partial charge is 0.482 e. The average molecular weight is 512 g/mol. The lowest BCUT2D eigenvalue weighted by molar-refractivity contribution is -0.142. The van der Waals surface area contributed by atoms with Gasteiger partial charge in [0.15, 0.2) is 6.61 Å². The van der Waals surface area contributed by atoms with Crippen molar-refractivity contribution in [1.29, 1.82) is 5.41 Å². The molecule has 0 saturated heterocycles. The van der Waals surface area contributed by atoms with Crippen LogP contribution in [0, 0.1) is 5.41 Å². The second-order valence-electron chi connectivity index (χ2n) is 5.69. The third-order valence-corrected chi connectivity index (χ3v) is 3.72. The zero-order valence-corrected chi connectivity index (χ0v) is 18.1. The smallest absolute Gasteiger partial charge is 0.343 e. The van der Waals surface area contributed by atoms with Gasteiger partial charge in [0.1, 0.15) is 11.6 Å². The normalized spacial score (nSPS) is 9.59. The van der Waals surface area contributed by atoms with Crippen molar-refractivity contribution in [1.82, 2.24) is 10.4 Å². The van der Waals surface area contributed by atoms with Crippen molar-refractivity contribution in [2.45, 2.75) is 0 Å². The quantitative estimate of drug-likeness (QED) is 0.177. The van der Waals surface area contributed by atoms with Gasteiger partial charge >= 0.3 is 5.97 Å². The molecule has 2 amide bonds. The Morgan fingerprint density at radius 2 is 1.52 bits per heavy atom. The lowest BCUT2D eigenvalue weighted by atomic mass is 10.1. The number of halogens is 1. The molecule has 0 spiro atoms. The summed E-state index contributed by atoms with van der Waals surface area (Å²) in [5.74, 6) is -1.13. The summed E-state index contributed by atoms with van der Waals surface area (Å²) in [5, 5.41) is 8.41. The molecule has 2 rings (SSSR count). The molecule has 2 aromatic carbocycles. The van der Waals surface area contributed by atoms with Gasteiger partial charge in [0.25, 0.3) is 11.8 Å². The van der Waals surface area contributed by atoms with E-state index < -0.39 is 17.8 Å². The number of hydrogen-bond acceptors (Lipinski definition) is 6. The van der Waals surface area contributed by atoms with Gasteiger partial charge < -0.3 is 15.2 Å². The number of amidine groups is 1. The van der Waals surface area contributed by atoms with Gasteiger partial charge in [0.2, 0.25) is 0 Å². The van der Waals surface area contributed by atoms with E-state index in [1.165, 1.54) is 50.6 Å². The van der Waals surface area contributed by atoms with Gasteiger partial charge in [-0.3, -0.25) is 25.4 Å². The molecule has 0 unspecified atom stereocenters. The summed E-state index contributed by atoms with van der Waals surface area (Å²) >= 11 is 0. The Labute approximate surface area is 184 Å².